The third-order valence-electron chi connectivity index (χ3n) is 11.1. The lowest BCUT2D eigenvalue weighted by atomic mass is 10.1. The van der Waals surface area contributed by atoms with Crippen LogP contribution < -0.4 is 5.73 Å². The summed E-state index contributed by atoms with van der Waals surface area (Å²) < 4.78 is 33.0. The standard InChI is InChI=1S/C59H100NO8P/c1-3-5-7-9-11-13-15-17-19-21-23-25-27-28-30-32-34-36-38-40-42-44-46-48-50-52-59(62)68-57(56-67-69(63,64)66-54-53-60)55-65-58(61)51-49-47-45-43-41-39-37-35-33-31-29-26-24-22-20-18-16-14-12-10-8-6-4-2/h5,7,11,13,16-19,22-25,28-31,34,36,57H,3-4,6,8-10,12,14-15,20-21,26-27,32-33,35,37-56,60H2,1-2H3,(H,63,64)/b7-5-,13-11-,18-16-,19-17-,24-22-,25-23-,30-28-,31-29-,36-34-. The van der Waals surface area contributed by atoms with Gasteiger partial charge in [-0.3, -0.25) is 18.6 Å². The number of hydrogen-bond donors (Lipinski definition) is 2. The first kappa shape index (κ1) is 65.7. The topological polar surface area (TPSA) is 134 Å². The van der Waals surface area contributed by atoms with Gasteiger partial charge in [-0.25, -0.2) is 4.57 Å². The Labute approximate surface area is 422 Å². The zero-order chi connectivity index (χ0) is 50.2. The second kappa shape index (κ2) is 54.0. The van der Waals surface area contributed by atoms with Gasteiger partial charge in [0.25, 0.3) is 0 Å². The van der Waals surface area contributed by atoms with Crippen molar-refractivity contribution in [1.29, 1.82) is 0 Å². The second-order valence-corrected chi connectivity index (χ2v) is 19.2. The SMILES string of the molecule is CC/C=C\C/C=C\C/C=C\C/C=C\C/C=C\C/C=C\CCCCCCCCC(=O)OC(COC(=O)CCCCCCCCCC/C=C\C/C=C\C/C=C\CCCCCCC)COP(=O)(O)OCCN. The Kier molecular flexibility index (Phi) is 51.4. The van der Waals surface area contributed by atoms with E-state index in [2.05, 4.69) is 123 Å². The van der Waals surface area contributed by atoms with E-state index in [0.717, 1.165) is 122 Å². The third kappa shape index (κ3) is 53.9. The van der Waals surface area contributed by atoms with E-state index in [1.54, 1.807) is 0 Å². The van der Waals surface area contributed by atoms with Crippen molar-refractivity contribution >= 4 is 19.8 Å². The number of unbranched alkanes of at least 4 members (excludes halogenated alkanes) is 19. The number of carbonyl (C=O) groups excluding carboxylic acids is 2. The largest absolute Gasteiger partial charge is 0.472 e. The van der Waals surface area contributed by atoms with Gasteiger partial charge in [0.15, 0.2) is 6.10 Å². The van der Waals surface area contributed by atoms with E-state index < -0.39 is 32.5 Å². The molecule has 0 fully saturated rings. The molecule has 2 atom stereocenters. The summed E-state index contributed by atoms with van der Waals surface area (Å²) in [4.78, 5) is 35.1. The number of hydrogen-bond acceptors (Lipinski definition) is 8. The lowest BCUT2D eigenvalue weighted by molar-refractivity contribution is -0.161. The predicted octanol–water partition coefficient (Wildman–Crippen LogP) is 17.1. The number of carbonyl (C=O) groups is 2. The average molecular weight is 982 g/mol. The summed E-state index contributed by atoms with van der Waals surface area (Å²) in [5.41, 5.74) is 5.37. The number of allylic oxidation sites excluding steroid dienone is 18. The minimum atomic E-state index is -4.40. The average Bonchev–Trinajstić information content (AvgIpc) is 3.34. The van der Waals surface area contributed by atoms with Crippen molar-refractivity contribution in [2.24, 2.45) is 5.73 Å². The van der Waals surface area contributed by atoms with Crippen LogP contribution in [0.3, 0.4) is 0 Å². The monoisotopic (exact) mass is 982 g/mol. The normalized spacial score (nSPS) is 14.0. The predicted molar refractivity (Wildman–Crippen MR) is 293 cm³/mol. The highest BCUT2D eigenvalue weighted by Gasteiger charge is 2.26. The molecule has 0 aliphatic heterocycles. The Hall–Kier alpha value is -3.33. The van der Waals surface area contributed by atoms with Crippen molar-refractivity contribution in [2.45, 2.75) is 225 Å². The van der Waals surface area contributed by atoms with Crippen LogP contribution in [0.25, 0.3) is 0 Å². The molecule has 0 rings (SSSR count). The molecule has 0 heterocycles. The van der Waals surface area contributed by atoms with Crippen molar-refractivity contribution in [1.82, 2.24) is 0 Å². The fourth-order valence-corrected chi connectivity index (χ4v) is 7.88. The van der Waals surface area contributed by atoms with Gasteiger partial charge in [0, 0.05) is 19.4 Å². The Bertz CT molecular complexity index is 1490. The molecule has 0 aromatic carbocycles. The number of nitrogens with two attached hydrogens (primary N) is 1. The molecule has 0 aliphatic carbocycles. The van der Waals surface area contributed by atoms with E-state index in [-0.39, 0.29) is 32.6 Å². The van der Waals surface area contributed by atoms with Crippen LogP contribution in [0.5, 0.6) is 0 Å². The minimum absolute atomic E-state index is 0.0435. The lowest BCUT2D eigenvalue weighted by Gasteiger charge is -2.19. The van der Waals surface area contributed by atoms with Gasteiger partial charge in [-0.2, -0.15) is 0 Å². The van der Waals surface area contributed by atoms with Gasteiger partial charge in [0.2, 0.25) is 0 Å². The summed E-state index contributed by atoms with van der Waals surface area (Å²) in [6.45, 7) is 3.58. The molecule has 10 heteroatoms. The molecule has 9 nitrogen and oxygen atoms in total. The van der Waals surface area contributed by atoms with Gasteiger partial charge >= 0.3 is 19.8 Å². The van der Waals surface area contributed by atoms with Gasteiger partial charge in [-0.1, -0.05) is 213 Å². The van der Waals surface area contributed by atoms with Crippen LogP contribution in [0.4, 0.5) is 0 Å². The first-order valence-corrected chi connectivity index (χ1v) is 28.9. The van der Waals surface area contributed by atoms with Crippen LogP contribution in [0, 0.1) is 0 Å². The molecule has 394 valence electrons. The summed E-state index contributed by atoms with van der Waals surface area (Å²) in [6.07, 6.45) is 72.7. The zero-order valence-electron chi connectivity index (χ0n) is 43.8. The zero-order valence-corrected chi connectivity index (χ0v) is 44.6. The van der Waals surface area contributed by atoms with Crippen molar-refractivity contribution in [3.63, 3.8) is 0 Å². The summed E-state index contributed by atoms with van der Waals surface area (Å²) in [7, 11) is -4.40. The van der Waals surface area contributed by atoms with E-state index in [0.29, 0.717) is 6.42 Å². The second-order valence-electron chi connectivity index (χ2n) is 17.7. The maximum absolute atomic E-state index is 12.7. The van der Waals surface area contributed by atoms with E-state index in [1.807, 2.05) is 0 Å². The fourth-order valence-electron chi connectivity index (χ4n) is 7.12. The van der Waals surface area contributed by atoms with Gasteiger partial charge in [0.1, 0.15) is 6.61 Å². The fraction of sp³-hybridized carbons (Fsp3) is 0.661. The van der Waals surface area contributed by atoms with Crippen molar-refractivity contribution in [3.05, 3.63) is 109 Å². The molecular weight excluding hydrogens is 882 g/mol. The van der Waals surface area contributed by atoms with Crippen LogP contribution in [0.1, 0.15) is 219 Å². The Morgan fingerprint density at radius 2 is 0.797 bits per heavy atom. The number of ether oxygens (including phenoxy) is 2. The summed E-state index contributed by atoms with van der Waals surface area (Å²) in [6, 6.07) is 0. The van der Waals surface area contributed by atoms with Crippen LogP contribution in [0.2, 0.25) is 0 Å². The Balaban J connectivity index is 4.11. The Morgan fingerprint density at radius 1 is 0.449 bits per heavy atom. The van der Waals surface area contributed by atoms with Crippen LogP contribution in [-0.2, 0) is 32.7 Å². The van der Waals surface area contributed by atoms with Crippen molar-refractivity contribution in [3.8, 4) is 0 Å². The first-order valence-electron chi connectivity index (χ1n) is 27.4. The van der Waals surface area contributed by atoms with Gasteiger partial charge in [0.05, 0.1) is 13.2 Å². The van der Waals surface area contributed by atoms with Crippen LogP contribution in [-0.4, -0.2) is 49.3 Å². The van der Waals surface area contributed by atoms with Gasteiger partial charge in [-0.05, 0) is 103 Å². The molecule has 0 aliphatic rings. The van der Waals surface area contributed by atoms with E-state index in [4.69, 9.17) is 24.3 Å². The highest BCUT2D eigenvalue weighted by atomic mass is 31.2. The maximum atomic E-state index is 12.7. The molecule has 0 saturated heterocycles. The number of phosphoric ester groups is 1. The smallest absolute Gasteiger partial charge is 0.462 e. The maximum Gasteiger partial charge on any atom is 0.472 e. The molecule has 2 unspecified atom stereocenters. The van der Waals surface area contributed by atoms with Crippen molar-refractivity contribution in [2.75, 3.05) is 26.4 Å². The van der Waals surface area contributed by atoms with Crippen molar-refractivity contribution < 1.29 is 37.6 Å². The van der Waals surface area contributed by atoms with Gasteiger partial charge < -0.3 is 20.1 Å². The van der Waals surface area contributed by atoms with Gasteiger partial charge in [-0.15, -0.1) is 0 Å². The Morgan fingerprint density at radius 3 is 1.19 bits per heavy atom. The lowest BCUT2D eigenvalue weighted by Crippen LogP contribution is -2.29. The molecule has 0 amide bonds. The number of esters is 2. The highest BCUT2D eigenvalue weighted by Crippen LogP contribution is 2.43. The number of rotatable bonds is 50. The summed E-state index contributed by atoms with van der Waals surface area (Å²) in [5.74, 6) is -0.859. The third-order valence-corrected chi connectivity index (χ3v) is 12.1. The molecule has 3 N–H and O–H groups in total. The van der Waals surface area contributed by atoms with Crippen LogP contribution >= 0.6 is 7.82 Å². The van der Waals surface area contributed by atoms with E-state index >= 15 is 0 Å². The summed E-state index contributed by atoms with van der Waals surface area (Å²) >= 11 is 0. The molecule has 0 bridgehead atoms. The first-order chi connectivity index (χ1) is 33.8. The molecule has 0 aromatic heterocycles. The molecule has 0 spiro atoms. The van der Waals surface area contributed by atoms with E-state index in [1.165, 1.54) is 64.2 Å². The molecule has 0 aromatic rings. The summed E-state index contributed by atoms with van der Waals surface area (Å²) in [5, 5.41) is 0. The molecule has 69 heavy (non-hydrogen) atoms. The minimum Gasteiger partial charge on any atom is -0.462 e. The highest BCUT2D eigenvalue weighted by molar-refractivity contribution is 7.47. The van der Waals surface area contributed by atoms with Crippen LogP contribution in [0.15, 0.2) is 109 Å². The van der Waals surface area contributed by atoms with E-state index in [9.17, 15) is 19.0 Å². The number of phosphoric acid groups is 1. The molecular formula is C59H100NO8P. The molecule has 0 radical (unpaired) electrons. The quantitative estimate of drug-likeness (QED) is 0.0264. The molecule has 0 saturated carbocycles.